The first-order valence-corrected chi connectivity index (χ1v) is 8.62. The van der Waals surface area contributed by atoms with Crippen LogP contribution in [0.2, 0.25) is 5.02 Å². The summed E-state index contributed by atoms with van der Waals surface area (Å²) in [5, 5.41) is 5.39. The number of carbonyl (C=O) groups excluding carboxylic acids is 1. The molecule has 0 spiro atoms. The Balaban J connectivity index is 3.31. The minimum absolute atomic E-state index is 0.112. The average molecular weight is 333 g/mol. The monoisotopic (exact) mass is 332 g/mol. The highest BCUT2D eigenvalue weighted by Gasteiger charge is 2.21. The van der Waals surface area contributed by atoms with Crippen molar-refractivity contribution in [2.75, 3.05) is 13.1 Å². The van der Waals surface area contributed by atoms with Crippen molar-refractivity contribution in [3.8, 4) is 0 Å². The smallest absolute Gasteiger partial charge is 0.253 e. The van der Waals surface area contributed by atoms with E-state index in [1.165, 1.54) is 12.1 Å². The molecule has 1 aromatic carbocycles. The first-order chi connectivity index (χ1) is 9.57. The van der Waals surface area contributed by atoms with Crippen molar-refractivity contribution < 1.29 is 13.2 Å². The summed E-state index contributed by atoms with van der Waals surface area (Å²) < 4.78 is 23.2. The van der Waals surface area contributed by atoms with Crippen LogP contribution in [0.15, 0.2) is 17.0 Å². The fraction of sp³-hybridized carbons (Fsp3) is 0.500. The van der Waals surface area contributed by atoms with Crippen molar-refractivity contribution in [3.63, 3.8) is 0 Å². The predicted molar refractivity (Wildman–Crippen MR) is 84.0 cm³/mol. The summed E-state index contributed by atoms with van der Waals surface area (Å²) in [5.74, 6) is 0.0607. The molecule has 5 nitrogen and oxygen atoms in total. The number of hydrogen-bond donors (Lipinski definition) is 1. The van der Waals surface area contributed by atoms with Crippen molar-refractivity contribution in [1.29, 1.82) is 0 Å². The van der Waals surface area contributed by atoms with E-state index in [4.69, 9.17) is 16.7 Å². The van der Waals surface area contributed by atoms with E-state index >= 15 is 0 Å². The summed E-state index contributed by atoms with van der Waals surface area (Å²) in [6.45, 7) is 8.57. The van der Waals surface area contributed by atoms with Gasteiger partial charge in [0.1, 0.15) is 0 Å². The molecule has 0 unspecified atom stereocenters. The van der Waals surface area contributed by atoms with E-state index in [-0.39, 0.29) is 21.4 Å². The largest absolute Gasteiger partial charge is 0.339 e. The second kappa shape index (κ2) is 6.77. The van der Waals surface area contributed by atoms with E-state index in [2.05, 4.69) is 0 Å². The summed E-state index contributed by atoms with van der Waals surface area (Å²) in [6.07, 6.45) is 0. The first kappa shape index (κ1) is 17.9. The Morgan fingerprint density at radius 3 is 2.38 bits per heavy atom. The Bertz CT molecular complexity index is 642. The summed E-state index contributed by atoms with van der Waals surface area (Å²) >= 11 is 6.03. The van der Waals surface area contributed by atoms with Crippen LogP contribution in [0, 0.1) is 12.8 Å². The summed E-state index contributed by atoms with van der Waals surface area (Å²) in [7, 11) is -3.92. The van der Waals surface area contributed by atoms with E-state index in [0.29, 0.717) is 24.6 Å². The molecule has 0 fully saturated rings. The fourth-order valence-electron chi connectivity index (χ4n) is 2.05. The van der Waals surface area contributed by atoms with Gasteiger partial charge in [-0.1, -0.05) is 25.4 Å². The molecule has 0 heterocycles. The molecular formula is C14H21ClN2O3S. The van der Waals surface area contributed by atoms with E-state index in [9.17, 15) is 13.2 Å². The molecule has 0 aliphatic heterocycles. The van der Waals surface area contributed by atoms with Crippen molar-refractivity contribution in [2.45, 2.75) is 32.6 Å². The lowest BCUT2D eigenvalue weighted by Crippen LogP contribution is -2.34. The topological polar surface area (TPSA) is 80.5 Å². The lowest BCUT2D eigenvalue weighted by molar-refractivity contribution is 0.0745. The van der Waals surface area contributed by atoms with Crippen molar-refractivity contribution in [1.82, 2.24) is 4.90 Å². The molecular weight excluding hydrogens is 312 g/mol. The number of rotatable bonds is 5. The number of primary sulfonamides is 1. The van der Waals surface area contributed by atoms with Crippen LogP contribution in [0.25, 0.3) is 0 Å². The maximum absolute atomic E-state index is 12.5. The van der Waals surface area contributed by atoms with Crippen LogP contribution >= 0.6 is 11.6 Å². The quantitative estimate of drug-likeness (QED) is 0.899. The second-order valence-corrected chi connectivity index (χ2v) is 7.30. The minimum Gasteiger partial charge on any atom is -0.339 e. The van der Waals surface area contributed by atoms with Gasteiger partial charge >= 0.3 is 0 Å². The number of nitrogens with two attached hydrogens (primary N) is 1. The Hall–Kier alpha value is -1.11. The van der Waals surface area contributed by atoms with Gasteiger partial charge in [0.05, 0.1) is 4.90 Å². The van der Waals surface area contributed by atoms with Crippen LogP contribution in [0.5, 0.6) is 0 Å². The average Bonchev–Trinajstić information content (AvgIpc) is 2.36. The van der Waals surface area contributed by atoms with Gasteiger partial charge < -0.3 is 4.90 Å². The molecule has 1 rings (SSSR count). The molecule has 0 saturated carbocycles. The van der Waals surface area contributed by atoms with E-state index in [1.807, 2.05) is 20.8 Å². The maximum atomic E-state index is 12.5. The first-order valence-electron chi connectivity index (χ1n) is 6.70. The zero-order valence-corrected chi connectivity index (χ0v) is 14.3. The molecule has 0 bridgehead atoms. The van der Waals surface area contributed by atoms with Crippen LogP contribution in [0.4, 0.5) is 0 Å². The normalized spacial score (nSPS) is 11.8. The number of amides is 1. The van der Waals surface area contributed by atoms with Crippen molar-refractivity contribution >= 4 is 27.5 Å². The molecule has 0 aliphatic carbocycles. The standard InChI is InChI=1S/C14H21ClN2O3S/c1-5-17(8-9(2)3)14(18)11-6-12(15)10(4)13(7-11)21(16,19)20/h6-7,9H,5,8H2,1-4H3,(H2,16,19,20). The SMILES string of the molecule is CCN(CC(C)C)C(=O)c1cc(Cl)c(C)c(S(N)(=O)=O)c1. The number of hydrogen-bond acceptors (Lipinski definition) is 3. The van der Waals surface area contributed by atoms with Gasteiger partial charge in [0, 0.05) is 23.7 Å². The molecule has 7 heteroatoms. The molecule has 2 N–H and O–H groups in total. The Kier molecular flexibility index (Phi) is 5.78. The van der Waals surface area contributed by atoms with Crippen LogP contribution in [-0.2, 0) is 10.0 Å². The van der Waals surface area contributed by atoms with Crippen molar-refractivity contribution in [3.05, 3.63) is 28.3 Å². The van der Waals surface area contributed by atoms with Gasteiger partial charge in [-0.25, -0.2) is 13.6 Å². The predicted octanol–water partition coefficient (Wildman–Crippen LogP) is 2.41. The zero-order valence-electron chi connectivity index (χ0n) is 12.7. The maximum Gasteiger partial charge on any atom is 0.253 e. The molecule has 0 radical (unpaired) electrons. The molecule has 1 amide bonds. The van der Waals surface area contributed by atoms with Crippen LogP contribution in [-0.4, -0.2) is 32.3 Å². The number of benzene rings is 1. The molecule has 118 valence electrons. The van der Waals surface area contributed by atoms with Crippen molar-refractivity contribution in [2.24, 2.45) is 11.1 Å². The summed E-state index contributed by atoms with van der Waals surface area (Å²) in [5.41, 5.74) is 0.583. The van der Waals surface area contributed by atoms with Gasteiger partial charge in [-0.2, -0.15) is 0 Å². The fourth-order valence-corrected chi connectivity index (χ4v) is 3.15. The highest BCUT2D eigenvalue weighted by molar-refractivity contribution is 7.89. The third kappa shape index (κ3) is 4.43. The van der Waals surface area contributed by atoms with Gasteiger partial charge in [-0.15, -0.1) is 0 Å². The zero-order chi connectivity index (χ0) is 16.4. The van der Waals surface area contributed by atoms with Crippen LogP contribution in [0.3, 0.4) is 0 Å². The lowest BCUT2D eigenvalue weighted by atomic mass is 10.1. The van der Waals surface area contributed by atoms with Crippen LogP contribution < -0.4 is 5.14 Å². The number of halogens is 1. The Morgan fingerprint density at radius 1 is 1.38 bits per heavy atom. The molecule has 1 aromatic rings. The van der Waals surface area contributed by atoms with E-state index in [1.54, 1.807) is 11.8 Å². The lowest BCUT2D eigenvalue weighted by Gasteiger charge is -2.23. The highest BCUT2D eigenvalue weighted by atomic mass is 35.5. The van der Waals surface area contributed by atoms with E-state index < -0.39 is 10.0 Å². The summed E-state index contributed by atoms with van der Waals surface area (Å²) in [4.78, 5) is 14.0. The molecule has 0 aromatic heterocycles. The third-order valence-corrected chi connectivity index (χ3v) is 4.53. The molecule has 21 heavy (non-hydrogen) atoms. The number of carbonyl (C=O) groups is 1. The van der Waals surface area contributed by atoms with E-state index in [0.717, 1.165) is 0 Å². The Morgan fingerprint density at radius 2 is 1.95 bits per heavy atom. The highest BCUT2D eigenvalue weighted by Crippen LogP contribution is 2.25. The van der Waals surface area contributed by atoms with Gasteiger partial charge in [-0.05, 0) is 37.5 Å². The van der Waals surface area contributed by atoms with Gasteiger partial charge in [0.25, 0.3) is 5.91 Å². The summed E-state index contributed by atoms with van der Waals surface area (Å²) in [6, 6.07) is 2.78. The van der Waals surface area contributed by atoms with Gasteiger partial charge in [0.15, 0.2) is 0 Å². The number of nitrogens with zero attached hydrogens (tertiary/aromatic N) is 1. The molecule has 0 saturated heterocycles. The van der Waals surface area contributed by atoms with Gasteiger partial charge in [0.2, 0.25) is 10.0 Å². The minimum atomic E-state index is -3.92. The Labute approximate surface area is 131 Å². The van der Waals surface area contributed by atoms with Gasteiger partial charge in [-0.3, -0.25) is 4.79 Å². The second-order valence-electron chi connectivity index (χ2n) is 5.36. The molecule has 0 atom stereocenters. The number of sulfonamides is 1. The third-order valence-electron chi connectivity index (χ3n) is 3.10. The van der Waals surface area contributed by atoms with Crippen LogP contribution in [0.1, 0.15) is 36.7 Å². The molecule has 0 aliphatic rings.